The number of amides is 1. The fraction of sp³-hybridized carbons (Fsp3) is 0.125. The fourth-order valence-electron chi connectivity index (χ4n) is 3.39. The number of carbonyl (C=O) groups excluding carboxylic acids is 1. The van der Waals surface area contributed by atoms with Crippen molar-refractivity contribution < 1.29 is 27.1 Å². The molecule has 0 aliphatic carbocycles. The van der Waals surface area contributed by atoms with E-state index in [1.807, 2.05) is 6.92 Å². The molecule has 0 bridgehead atoms. The van der Waals surface area contributed by atoms with Crippen LogP contribution < -0.4 is 19.5 Å². The van der Waals surface area contributed by atoms with Crippen molar-refractivity contribution in [3.8, 4) is 23.0 Å². The highest BCUT2D eigenvalue weighted by atomic mass is 32.2. The van der Waals surface area contributed by atoms with Crippen LogP contribution in [0.15, 0.2) is 76.0 Å². The van der Waals surface area contributed by atoms with Crippen LogP contribution in [0.2, 0.25) is 0 Å². The van der Waals surface area contributed by atoms with Crippen molar-refractivity contribution in [3.05, 3.63) is 77.9 Å². The molecule has 0 spiro atoms. The Morgan fingerprint density at radius 1 is 0.914 bits per heavy atom. The first kappa shape index (κ1) is 22.4. The Morgan fingerprint density at radius 3 is 2.49 bits per heavy atom. The van der Waals surface area contributed by atoms with Crippen molar-refractivity contribution in [2.45, 2.75) is 11.8 Å². The van der Waals surface area contributed by atoms with E-state index in [0.29, 0.717) is 30.3 Å². The van der Waals surface area contributed by atoms with E-state index < -0.39 is 15.9 Å². The van der Waals surface area contributed by atoms with Gasteiger partial charge in [0.05, 0.1) is 4.90 Å². The van der Waals surface area contributed by atoms with E-state index in [9.17, 15) is 13.2 Å². The molecule has 11 heteroatoms. The van der Waals surface area contributed by atoms with Gasteiger partial charge in [-0.1, -0.05) is 28.9 Å². The Balaban J connectivity index is 1.29. The first-order valence-corrected chi connectivity index (χ1v) is 12.1. The van der Waals surface area contributed by atoms with Crippen LogP contribution in [0.25, 0.3) is 11.5 Å². The van der Waals surface area contributed by atoms with Gasteiger partial charge in [-0.3, -0.25) is 14.8 Å². The molecule has 5 rings (SSSR count). The maximum absolute atomic E-state index is 12.7. The number of hydrogen-bond donors (Lipinski definition) is 2. The highest BCUT2D eigenvalue weighted by molar-refractivity contribution is 7.92. The lowest BCUT2D eigenvalue weighted by atomic mass is 10.2. The summed E-state index contributed by atoms with van der Waals surface area (Å²) in [6, 6.07) is 17.6. The van der Waals surface area contributed by atoms with Gasteiger partial charge in [-0.05, 0) is 55.5 Å². The third-order valence-corrected chi connectivity index (χ3v) is 6.54. The van der Waals surface area contributed by atoms with Crippen molar-refractivity contribution in [1.82, 2.24) is 10.2 Å². The number of rotatable bonds is 6. The fourth-order valence-corrected chi connectivity index (χ4v) is 4.44. The summed E-state index contributed by atoms with van der Waals surface area (Å²) < 4.78 is 44.4. The van der Waals surface area contributed by atoms with Gasteiger partial charge < -0.3 is 13.9 Å². The number of ether oxygens (including phenoxy) is 2. The second kappa shape index (κ2) is 9.11. The van der Waals surface area contributed by atoms with Gasteiger partial charge in [-0.2, -0.15) is 0 Å². The van der Waals surface area contributed by atoms with Gasteiger partial charge in [0.15, 0.2) is 11.5 Å². The lowest BCUT2D eigenvalue weighted by Crippen LogP contribution is -2.15. The van der Waals surface area contributed by atoms with Crippen molar-refractivity contribution in [2.75, 3.05) is 23.3 Å². The minimum absolute atomic E-state index is 0.106. The predicted octanol–water partition coefficient (Wildman–Crippen LogP) is 3.87. The second-order valence-electron chi connectivity index (χ2n) is 7.72. The number of benzene rings is 3. The summed E-state index contributed by atoms with van der Waals surface area (Å²) in [5, 5.41) is 10.4. The highest BCUT2D eigenvalue weighted by Gasteiger charge is 2.18. The third kappa shape index (κ3) is 4.94. The summed E-state index contributed by atoms with van der Waals surface area (Å²) in [4.78, 5) is 12.8. The Kier molecular flexibility index (Phi) is 5.83. The van der Waals surface area contributed by atoms with Crippen molar-refractivity contribution in [2.24, 2.45) is 0 Å². The van der Waals surface area contributed by atoms with E-state index in [4.69, 9.17) is 13.9 Å². The number of sulfonamides is 1. The molecule has 0 saturated heterocycles. The molecule has 1 aliphatic rings. The molecule has 35 heavy (non-hydrogen) atoms. The molecular weight excluding hydrogens is 472 g/mol. The Bertz CT molecular complexity index is 1500. The van der Waals surface area contributed by atoms with E-state index in [1.165, 1.54) is 24.3 Å². The first-order chi connectivity index (χ1) is 16.9. The first-order valence-electron chi connectivity index (χ1n) is 10.6. The number of aromatic nitrogens is 2. The summed E-state index contributed by atoms with van der Waals surface area (Å²) >= 11 is 0. The van der Waals surface area contributed by atoms with Crippen molar-refractivity contribution >= 4 is 27.6 Å². The van der Waals surface area contributed by atoms with E-state index >= 15 is 0 Å². The van der Waals surface area contributed by atoms with Crippen molar-refractivity contribution in [3.63, 3.8) is 0 Å². The van der Waals surface area contributed by atoms with E-state index in [-0.39, 0.29) is 28.1 Å². The smallest absolute Gasteiger partial charge is 0.322 e. The maximum atomic E-state index is 12.7. The van der Waals surface area contributed by atoms with E-state index in [0.717, 1.165) is 5.56 Å². The van der Waals surface area contributed by atoms with Crippen LogP contribution in [0.5, 0.6) is 11.5 Å². The van der Waals surface area contributed by atoms with Crippen molar-refractivity contribution in [1.29, 1.82) is 0 Å². The third-order valence-electron chi connectivity index (χ3n) is 5.14. The van der Waals surface area contributed by atoms with Gasteiger partial charge in [0, 0.05) is 16.8 Å². The van der Waals surface area contributed by atoms with Gasteiger partial charge in [0.1, 0.15) is 13.2 Å². The zero-order valence-electron chi connectivity index (χ0n) is 18.5. The van der Waals surface area contributed by atoms with E-state index in [1.54, 1.807) is 42.5 Å². The molecule has 3 aromatic carbocycles. The summed E-state index contributed by atoms with van der Waals surface area (Å²) in [6.45, 7) is 2.80. The molecule has 1 amide bonds. The monoisotopic (exact) mass is 492 g/mol. The Labute approximate surface area is 201 Å². The standard InChI is InChI=1S/C24H20N4O6S/c1-15-5-8-19(9-6-15)35(30,31)28-18-4-2-3-16(13-18)22(29)25-24-27-26-23(34-24)17-7-10-20-21(14-17)33-12-11-32-20/h2-10,13-14,28H,11-12H2,1H3,(H,25,27,29). The zero-order valence-corrected chi connectivity index (χ0v) is 19.3. The molecule has 2 heterocycles. The number of aryl methyl sites for hydroxylation is 1. The van der Waals surface area contributed by atoms with Crippen LogP contribution in [0.3, 0.4) is 0 Å². The lowest BCUT2D eigenvalue weighted by Gasteiger charge is -2.18. The summed E-state index contributed by atoms with van der Waals surface area (Å²) in [5.74, 6) is 0.851. The molecule has 1 aliphatic heterocycles. The van der Waals surface area contributed by atoms with Gasteiger partial charge in [-0.15, -0.1) is 5.10 Å². The Morgan fingerprint density at radius 2 is 1.69 bits per heavy atom. The molecule has 1 aromatic heterocycles. The normalized spacial score (nSPS) is 12.7. The van der Waals surface area contributed by atoms with Gasteiger partial charge in [0.25, 0.3) is 15.9 Å². The van der Waals surface area contributed by atoms with Crippen LogP contribution in [-0.2, 0) is 10.0 Å². The van der Waals surface area contributed by atoms with Gasteiger partial charge in [-0.25, -0.2) is 8.42 Å². The topological polar surface area (TPSA) is 133 Å². The van der Waals surface area contributed by atoms with E-state index in [2.05, 4.69) is 20.2 Å². The summed E-state index contributed by atoms with van der Waals surface area (Å²) in [7, 11) is -3.81. The minimum Gasteiger partial charge on any atom is -0.486 e. The maximum Gasteiger partial charge on any atom is 0.322 e. The van der Waals surface area contributed by atoms with Gasteiger partial charge in [0.2, 0.25) is 5.89 Å². The minimum atomic E-state index is -3.81. The molecular formula is C24H20N4O6S. The number of hydrogen-bond acceptors (Lipinski definition) is 8. The van der Waals surface area contributed by atoms with Crippen LogP contribution >= 0.6 is 0 Å². The van der Waals surface area contributed by atoms with Gasteiger partial charge >= 0.3 is 6.01 Å². The zero-order chi connectivity index (χ0) is 24.4. The van der Waals surface area contributed by atoms with Crippen LogP contribution in [0.4, 0.5) is 11.7 Å². The number of fused-ring (bicyclic) bond motifs is 1. The number of carbonyl (C=O) groups is 1. The molecule has 178 valence electrons. The molecule has 0 saturated carbocycles. The highest BCUT2D eigenvalue weighted by Crippen LogP contribution is 2.34. The largest absolute Gasteiger partial charge is 0.486 e. The predicted molar refractivity (Wildman–Crippen MR) is 127 cm³/mol. The number of nitrogens with one attached hydrogen (secondary N) is 2. The molecule has 0 fully saturated rings. The summed E-state index contributed by atoms with van der Waals surface area (Å²) in [5.41, 5.74) is 1.99. The average molecular weight is 493 g/mol. The molecule has 10 nitrogen and oxygen atoms in total. The lowest BCUT2D eigenvalue weighted by molar-refractivity contribution is 0.102. The van der Waals surface area contributed by atoms with Crippen LogP contribution in [-0.4, -0.2) is 37.7 Å². The second-order valence-corrected chi connectivity index (χ2v) is 9.41. The number of nitrogens with zero attached hydrogens (tertiary/aromatic N) is 2. The summed E-state index contributed by atoms with van der Waals surface area (Å²) in [6.07, 6.45) is 0. The quantitative estimate of drug-likeness (QED) is 0.415. The number of anilines is 2. The van der Waals surface area contributed by atoms with Crippen LogP contribution in [0, 0.1) is 6.92 Å². The SMILES string of the molecule is Cc1ccc(S(=O)(=O)Nc2cccc(C(=O)Nc3nnc(-c4ccc5c(c4)OCCO5)o3)c2)cc1. The molecule has 0 radical (unpaired) electrons. The van der Waals surface area contributed by atoms with Crippen LogP contribution in [0.1, 0.15) is 15.9 Å². The Hall–Kier alpha value is -4.38. The molecule has 0 atom stereocenters. The molecule has 0 unspecified atom stereocenters. The molecule has 4 aromatic rings. The average Bonchev–Trinajstić information content (AvgIpc) is 3.32. The molecule has 2 N–H and O–H groups in total.